The van der Waals surface area contributed by atoms with Crippen molar-refractivity contribution < 1.29 is 9.53 Å². The molecule has 6 nitrogen and oxygen atoms in total. The van der Waals surface area contributed by atoms with E-state index in [1.807, 2.05) is 61.5 Å². The lowest BCUT2D eigenvalue weighted by molar-refractivity contribution is -0.121. The zero-order chi connectivity index (χ0) is 19.1. The summed E-state index contributed by atoms with van der Waals surface area (Å²) in [5.74, 6) is -1.29. The number of ether oxygens (including phenoxy) is 1. The van der Waals surface area contributed by atoms with E-state index in [2.05, 4.69) is 15.3 Å². The summed E-state index contributed by atoms with van der Waals surface area (Å²) in [5.41, 5.74) is 2.48. The van der Waals surface area contributed by atoms with E-state index in [4.69, 9.17) is 4.74 Å². The van der Waals surface area contributed by atoms with E-state index in [0.717, 1.165) is 12.0 Å². The summed E-state index contributed by atoms with van der Waals surface area (Å²) in [6, 6.07) is 18.9. The summed E-state index contributed by atoms with van der Waals surface area (Å²) in [5, 5.41) is 12.4. The smallest absolute Gasteiger partial charge is 0.244 e. The first-order valence-corrected chi connectivity index (χ1v) is 8.83. The number of hydrogen-bond donors (Lipinski definition) is 1. The van der Waals surface area contributed by atoms with Crippen molar-refractivity contribution in [2.24, 2.45) is 0 Å². The van der Waals surface area contributed by atoms with E-state index in [0.29, 0.717) is 24.2 Å². The van der Waals surface area contributed by atoms with Gasteiger partial charge in [0.15, 0.2) is 5.92 Å². The Kier molecular flexibility index (Phi) is 5.95. The minimum absolute atomic E-state index is 0.233. The van der Waals surface area contributed by atoms with Gasteiger partial charge < -0.3 is 10.1 Å². The van der Waals surface area contributed by atoms with E-state index in [-0.39, 0.29) is 11.6 Å². The van der Waals surface area contributed by atoms with Gasteiger partial charge in [-0.2, -0.15) is 5.26 Å². The minimum Gasteiger partial charge on any atom is -0.476 e. The van der Waals surface area contributed by atoms with Gasteiger partial charge in [-0.25, -0.2) is 9.97 Å². The average molecular weight is 360 g/mol. The van der Waals surface area contributed by atoms with Gasteiger partial charge in [0.25, 0.3) is 0 Å². The lowest BCUT2D eigenvalue weighted by atomic mass is 10.1. The molecule has 3 rings (SSSR count). The van der Waals surface area contributed by atoms with E-state index in [1.54, 1.807) is 6.07 Å². The summed E-state index contributed by atoms with van der Waals surface area (Å²) in [4.78, 5) is 21.6. The Bertz CT molecular complexity index is 967. The SMILES string of the molecule is CCCOc1nc2ccccc2nc1[C@@H](C#N)C(=O)NCc1ccccc1. The molecule has 2 aromatic carbocycles. The first kappa shape index (κ1) is 18.3. The molecule has 0 aliphatic rings. The van der Waals surface area contributed by atoms with Gasteiger partial charge >= 0.3 is 0 Å². The Morgan fingerprint density at radius 3 is 2.44 bits per heavy atom. The molecule has 1 atom stereocenters. The summed E-state index contributed by atoms with van der Waals surface area (Å²) in [6.45, 7) is 2.75. The fourth-order valence-corrected chi connectivity index (χ4v) is 2.62. The fourth-order valence-electron chi connectivity index (χ4n) is 2.62. The topological polar surface area (TPSA) is 87.9 Å². The fraction of sp³-hybridized carbons (Fsp3) is 0.238. The van der Waals surface area contributed by atoms with Crippen LogP contribution in [0, 0.1) is 11.3 Å². The number of nitrogens with zero attached hydrogens (tertiary/aromatic N) is 3. The molecule has 1 aromatic heterocycles. The Hall–Kier alpha value is -3.46. The van der Waals surface area contributed by atoms with Crippen molar-refractivity contribution in [2.45, 2.75) is 25.8 Å². The first-order chi connectivity index (χ1) is 13.2. The number of carbonyl (C=O) groups excluding carboxylic acids is 1. The summed E-state index contributed by atoms with van der Waals surface area (Å²) in [6.07, 6.45) is 0.783. The molecule has 1 N–H and O–H groups in total. The lowest BCUT2D eigenvalue weighted by Crippen LogP contribution is -2.29. The Morgan fingerprint density at radius 1 is 1.11 bits per heavy atom. The molecular formula is C21H20N4O2. The van der Waals surface area contributed by atoms with E-state index in [9.17, 15) is 10.1 Å². The predicted octanol–water partition coefficient (Wildman–Crippen LogP) is 3.34. The number of benzene rings is 2. The maximum absolute atomic E-state index is 12.7. The Morgan fingerprint density at radius 2 is 1.78 bits per heavy atom. The molecule has 136 valence electrons. The molecule has 1 heterocycles. The van der Waals surface area contributed by atoms with E-state index >= 15 is 0 Å². The van der Waals surface area contributed by atoms with Gasteiger partial charge in [-0.1, -0.05) is 49.4 Å². The first-order valence-electron chi connectivity index (χ1n) is 8.83. The summed E-state index contributed by atoms with van der Waals surface area (Å²) in [7, 11) is 0. The number of amides is 1. The van der Waals surface area contributed by atoms with Crippen LogP contribution in [0.25, 0.3) is 11.0 Å². The van der Waals surface area contributed by atoms with Crippen molar-refractivity contribution in [2.75, 3.05) is 6.61 Å². The van der Waals surface area contributed by atoms with Gasteiger partial charge in [-0.15, -0.1) is 0 Å². The van der Waals surface area contributed by atoms with Crippen LogP contribution in [0.15, 0.2) is 54.6 Å². The van der Waals surface area contributed by atoms with Crippen molar-refractivity contribution >= 4 is 16.9 Å². The quantitative estimate of drug-likeness (QED) is 0.698. The number of carbonyl (C=O) groups is 1. The number of aromatic nitrogens is 2. The van der Waals surface area contributed by atoms with Crippen LogP contribution >= 0.6 is 0 Å². The number of rotatable bonds is 7. The van der Waals surface area contributed by atoms with Crippen LogP contribution in [-0.2, 0) is 11.3 Å². The zero-order valence-electron chi connectivity index (χ0n) is 15.1. The second-order valence-electron chi connectivity index (χ2n) is 6.02. The Labute approximate surface area is 157 Å². The van der Waals surface area contributed by atoms with Crippen LogP contribution in [0.5, 0.6) is 5.88 Å². The maximum Gasteiger partial charge on any atom is 0.244 e. The van der Waals surface area contributed by atoms with Crippen LogP contribution < -0.4 is 10.1 Å². The highest BCUT2D eigenvalue weighted by molar-refractivity contribution is 5.87. The van der Waals surface area contributed by atoms with Crippen LogP contribution in [-0.4, -0.2) is 22.5 Å². The van der Waals surface area contributed by atoms with Gasteiger partial charge in [-0.05, 0) is 24.1 Å². The average Bonchev–Trinajstić information content (AvgIpc) is 2.72. The van der Waals surface area contributed by atoms with E-state index < -0.39 is 11.8 Å². The van der Waals surface area contributed by atoms with Gasteiger partial charge in [0.05, 0.1) is 23.7 Å². The number of hydrogen-bond acceptors (Lipinski definition) is 5. The van der Waals surface area contributed by atoms with Crippen molar-refractivity contribution in [1.29, 1.82) is 5.26 Å². The summed E-state index contributed by atoms with van der Waals surface area (Å²) < 4.78 is 5.69. The van der Waals surface area contributed by atoms with Gasteiger partial charge in [0.2, 0.25) is 11.8 Å². The maximum atomic E-state index is 12.7. The molecule has 1 amide bonds. The van der Waals surface area contributed by atoms with Crippen molar-refractivity contribution in [1.82, 2.24) is 15.3 Å². The number of fused-ring (bicyclic) bond motifs is 1. The number of nitriles is 1. The molecule has 0 saturated carbocycles. The molecule has 0 unspecified atom stereocenters. The molecule has 0 bridgehead atoms. The molecule has 3 aromatic rings. The third kappa shape index (κ3) is 4.39. The highest BCUT2D eigenvalue weighted by atomic mass is 16.5. The van der Waals surface area contributed by atoms with Crippen LogP contribution in [0.1, 0.15) is 30.5 Å². The number of nitrogens with one attached hydrogen (secondary N) is 1. The Balaban J connectivity index is 1.89. The van der Waals surface area contributed by atoms with Gasteiger partial charge in [0, 0.05) is 6.54 Å². The molecule has 0 aliphatic heterocycles. The van der Waals surface area contributed by atoms with Crippen LogP contribution in [0.3, 0.4) is 0 Å². The molecule has 0 fully saturated rings. The number of para-hydroxylation sites is 2. The lowest BCUT2D eigenvalue weighted by Gasteiger charge is -2.14. The molecule has 6 heteroatoms. The van der Waals surface area contributed by atoms with Crippen molar-refractivity contribution in [3.8, 4) is 11.9 Å². The molecular weight excluding hydrogens is 340 g/mol. The predicted molar refractivity (Wildman–Crippen MR) is 102 cm³/mol. The second kappa shape index (κ2) is 8.77. The molecule has 0 spiro atoms. The highest BCUT2D eigenvalue weighted by Gasteiger charge is 2.27. The zero-order valence-corrected chi connectivity index (χ0v) is 15.1. The third-order valence-electron chi connectivity index (χ3n) is 3.98. The van der Waals surface area contributed by atoms with Gasteiger partial charge in [-0.3, -0.25) is 4.79 Å². The van der Waals surface area contributed by atoms with Crippen molar-refractivity contribution in [3.05, 3.63) is 65.9 Å². The van der Waals surface area contributed by atoms with E-state index in [1.165, 1.54) is 0 Å². The third-order valence-corrected chi connectivity index (χ3v) is 3.98. The normalized spacial score (nSPS) is 11.6. The molecule has 27 heavy (non-hydrogen) atoms. The summed E-state index contributed by atoms with van der Waals surface area (Å²) >= 11 is 0. The second-order valence-corrected chi connectivity index (χ2v) is 6.02. The molecule has 0 aliphatic carbocycles. The van der Waals surface area contributed by atoms with Crippen molar-refractivity contribution in [3.63, 3.8) is 0 Å². The minimum atomic E-state index is -1.10. The monoisotopic (exact) mass is 360 g/mol. The molecule has 0 saturated heterocycles. The van der Waals surface area contributed by atoms with Gasteiger partial charge in [0.1, 0.15) is 5.69 Å². The largest absolute Gasteiger partial charge is 0.476 e. The highest BCUT2D eigenvalue weighted by Crippen LogP contribution is 2.26. The van der Waals surface area contributed by atoms with Crippen LogP contribution in [0.4, 0.5) is 0 Å². The molecule has 0 radical (unpaired) electrons. The standard InChI is InChI=1S/C21H20N4O2/c1-2-12-27-21-19(24-17-10-6-7-11-18(17)25-21)16(13-22)20(26)23-14-15-8-4-3-5-9-15/h3-11,16H,2,12,14H2,1H3,(H,23,26)/t16-/m1/s1. The van der Waals surface area contributed by atoms with Crippen LogP contribution in [0.2, 0.25) is 0 Å².